The van der Waals surface area contributed by atoms with Gasteiger partial charge in [-0.05, 0) is 0 Å². The zero-order valence-electron chi connectivity index (χ0n) is 6.20. The molecule has 0 aliphatic rings. The van der Waals surface area contributed by atoms with Crippen LogP contribution >= 0.6 is 11.6 Å². The van der Waals surface area contributed by atoms with Gasteiger partial charge >= 0.3 is 0 Å². The number of aromatic nitrogens is 2. The van der Waals surface area contributed by atoms with Crippen molar-refractivity contribution >= 4 is 18.1 Å². The van der Waals surface area contributed by atoms with Crippen molar-refractivity contribution in [3.63, 3.8) is 0 Å². The SMILES string of the molecule is O=COCCc1nc(CCl)no1. The van der Waals surface area contributed by atoms with Gasteiger partial charge < -0.3 is 9.26 Å². The molecule has 0 aliphatic carbocycles. The second-order valence-corrected chi connectivity index (χ2v) is 2.22. The summed E-state index contributed by atoms with van der Waals surface area (Å²) in [5, 5.41) is 3.55. The van der Waals surface area contributed by atoms with E-state index >= 15 is 0 Å². The molecular formula is C6H7ClN2O3. The molecule has 0 aliphatic heterocycles. The van der Waals surface area contributed by atoms with Crippen molar-refractivity contribution in [2.45, 2.75) is 12.3 Å². The fraction of sp³-hybridized carbons (Fsp3) is 0.500. The Kier molecular flexibility index (Phi) is 3.53. The summed E-state index contributed by atoms with van der Waals surface area (Å²) in [6.45, 7) is 0.617. The zero-order chi connectivity index (χ0) is 8.81. The molecule has 1 aromatic rings. The van der Waals surface area contributed by atoms with Gasteiger partial charge in [-0.3, -0.25) is 4.79 Å². The Morgan fingerprint density at radius 2 is 2.50 bits per heavy atom. The van der Waals surface area contributed by atoms with Gasteiger partial charge in [0.05, 0.1) is 18.9 Å². The molecule has 12 heavy (non-hydrogen) atoms. The molecule has 5 nitrogen and oxygen atoms in total. The fourth-order valence-electron chi connectivity index (χ4n) is 0.640. The second-order valence-electron chi connectivity index (χ2n) is 1.95. The lowest BCUT2D eigenvalue weighted by Gasteiger charge is -1.91. The van der Waals surface area contributed by atoms with E-state index in [0.29, 0.717) is 24.6 Å². The van der Waals surface area contributed by atoms with Crippen molar-refractivity contribution in [2.24, 2.45) is 0 Å². The lowest BCUT2D eigenvalue weighted by atomic mass is 10.4. The lowest BCUT2D eigenvalue weighted by molar-refractivity contribution is -0.128. The maximum Gasteiger partial charge on any atom is 0.293 e. The highest BCUT2D eigenvalue weighted by Gasteiger charge is 2.03. The summed E-state index contributed by atoms with van der Waals surface area (Å²) in [4.78, 5) is 13.6. The third-order valence-electron chi connectivity index (χ3n) is 1.13. The molecule has 0 aromatic carbocycles. The monoisotopic (exact) mass is 190 g/mol. The van der Waals surface area contributed by atoms with Gasteiger partial charge in [-0.25, -0.2) is 0 Å². The summed E-state index contributed by atoms with van der Waals surface area (Å²) >= 11 is 5.43. The van der Waals surface area contributed by atoms with Crippen LogP contribution in [-0.4, -0.2) is 23.2 Å². The molecule has 0 amide bonds. The molecule has 0 fully saturated rings. The van der Waals surface area contributed by atoms with Crippen molar-refractivity contribution in [1.29, 1.82) is 0 Å². The molecule has 0 unspecified atom stereocenters. The first-order valence-electron chi connectivity index (χ1n) is 3.29. The Hall–Kier alpha value is -1.10. The highest BCUT2D eigenvalue weighted by molar-refractivity contribution is 6.16. The summed E-state index contributed by atoms with van der Waals surface area (Å²) in [7, 11) is 0. The number of hydrogen-bond acceptors (Lipinski definition) is 5. The van der Waals surface area contributed by atoms with E-state index in [9.17, 15) is 4.79 Å². The molecule has 66 valence electrons. The van der Waals surface area contributed by atoms with Crippen LogP contribution in [0.25, 0.3) is 0 Å². The quantitative estimate of drug-likeness (QED) is 0.385. The number of nitrogens with zero attached hydrogens (tertiary/aromatic N) is 2. The average Bonchev–Trinajstić information content (AvgIpc) is 2.53. The van der Waals surface area contributed by atoms with Crippen LogP contribution in [0.3, 0.4) is 0 Å². The number of carbonyl (C=O) groups excluding carboxylic acids is 1. The van der Waals surface area contributed by atoms with Gasteiger partial charge in [-0.2, -0.15) is 4.98 Å². The fourth-order valence-corrected chi connectivity index (χ4v) is 0.749. The van der Waals surface area contributed by atoms with Gasteiger partial charge in [0.25, 0.3) is 6.47 Å². The molecule has 0 radical (unpaired) electrons. The Balaban J connectivity index is 2.36. The van der Waals surface area contributed by atoms with E-state index in [-0.39, 0.29) is 12.5 Å². The molecule has 0 saturated heterocycles. The number of ether oxygens (including phenoxy) is 1. The van der Waals surface area contributed by atoms with Crippen LogP contribution in [-0.2, 0) is 21.8 Å². The minimum absolute atomic E-state index is 0.220. The van der Waals surface area contributed by atoms with Gasteiger partial charge in [0.2, 0.25) is 5.89 Å². The molecule has 0 bridgehead atoms. The summed E-state index contributed by atoms with van der Waals surface area (Å²) in [5.41, 5.74) is 0. The molecule has 0 saturated carbocycles. The van der Waals surface area contributed by atoms with E-state index in [1.165, 1.54) is 0 Å². The van der Waals surface area contributed by atoms with E-state index in [2.05, 4.69) is 14.9 Å². The summed E-state index contributed by atoms with van der Waals surface area (Å²) < 4.78 is 9.20. The first kappa shape index (κ1) is 8.99. The predicted octanol–water partition coefficient (Wildman–Crippen LogP) is 0.524. The van der Waals surface area contributed by atoms with E-state index in [1.54, 1.807) is 0 Å². The molecule has 6 heteroatoms. The van der Waals surface area contributed by atoms with Crippen molar-refractivity contribution in [1.82, 2.24) is 10.1 Å². The maximum atomic E-state index is 9.75. The van der Waals surface area contributed by atoms with Gasteiger partial charge in [0.1, 0.15) is 0 Å². The molecule has 1 heterocycles. The van der Waals surface area contributed by atoms with Gasteiger partial charge in [0, 0.05) is 0 Å². The van der Waals surface area contributed by atoms with Gasteiger partial charge in [0.15, 0.2) is 5.82 Å². The average molecular weight is 191 g/mol. The van der Waals surface area contributed by atoms with E-state index < -0.39 is 0 Å². The molecule has 1 rings (SSSR count). The number of rotatable bonds is 5. The summed E-state index contributed by atoms with van der Waals surface area (Å²) in [6.07, 6.45) is 0.419. The topological polar surface area (TPSA) is 65.2 Å². The number of carbonyl (C=O) groups is 1. The number of alkyl halides is 1. The summed E-state index contributed by atoms with van der Waals surface area (Å²) in [6, 6.07) is 0. The van der Waals surface area contributed by atoms with Gasteiger partial charge in [-0.15, -0.1) is 11.6 Å². The predicted molar refractivity (Wildman–Crippen MR) is 39.6 cm³/mol. The van der Waals surface area contributed by atoms with Crippen molar-refractivity contribution in [3.05, 3.63) is 11.7 Å². The zero-order valence-corrected chi connectivity index (χ0v) is 6.95. The lowest BCUT2D eigenvalue weighted by Crippen LogP contribution is -1.96. The minimum atomic E-state index is 0.220. The number of halogens is 1. The molecule has 1 aromatic heterocycles. The molecular weight excluding hydrogens is 184 g/mol. The van der Waals surface area contributed by atoms with Crippen LogP contribution in [0.5, 0.6) is 0 Å². The van der Waals surface area contributed by atoms with Crippen LogP contribution in [0, 0.1) is 0 Å². The van der Waals surface area contributed by atoms with Crippen LogP contribution in [0.15, 0.2) is 4.52 Å². The van der Waals surface area contributed by atoms with Crippen molar-refractivity contribution < 1.29 is 14.1 Å². The van der Waals surface area contributed by atoms with Crippen molar-refractivity contribution in [2.75, 3.05) is 6.61 Å². The van der Waals surface area contributed by atoms with E-state index in [0.717, 1.165) is 0 Å². The Morgan fingerprint density at radius 1 is 1.67 bits per heavy atom. The molecule has 0 N–H and O–H groups in total. The Morgan fingerprint density at radius 3 is 3.08 bits per heavy atom. The second kappa shape index (κ2) is 4.71. The first-order valence-corrected chi connectivity index (χ1v) is 3.83. The molecule has 0 spiro atoms. The highest BCUT2D eigenvalue weighted by Crippen LogP contribution is 2.00. The Labute approximate surface area is 73.7 Å². The normalized spacial score (nSPS) is 9.75. The van der Waals surface area contributed by atoms with Crippen molar-refractivity contribution in [3.8, 4) is 0 Å². The summed E-state index contributed by atoms with van der Waals surface area (Å²) in [5.74, 6) is 1.09. The van der Waals surface area contributed by atoms with E-state index in [4.69, 9.17) is 16.1 Å². The third-order valence-corrected chi connectivity index (χ3v) is 1.37. The minimum Gasteiger partial charge on any atom is -0.467 e. The Bertz CT molecular complexity index is 251. The first-order chi connectivity index (χ1) is 5.86. The van der Waals surface area contributed by atoms with Crippen LogP contribution in [0.1, 0.15) is 11.7 Å². The van der Waals surface area contributed by atoms with Crippen LogP contribution < -0.4 is 0 Å². The number of hydrogen-bond donors (Lipinski definition) is 0. The van der Waals surface area contributed by atoms with Crippen LogP contribution in [0.4, 0.5) is 0 Å². The largest absolute Gasteiger partial charge is 0.467 e. The van der Waals surface area contributed by atoms with Gasteiger partial charge in [-0.1, -0.05) is 5.16 Å². The third kappa shape index (κ3) is 2.50. The smallest absolute Gasteiger partial charge is 0.293 e. The standard InChI is InChI=1S/C6H7ClN2O3/c7-3-5-8-6(12-9-5)1-2-11-4-10/h4H,1-3H2. The maximum absolute atomic E-state index is 9.75. The van der Waals surface area contributed by atoms with Crippen LogP contribution in [0.2, 0.25) is 0 Å². The highest BCUT2D eigenvalue weighted by atomic mass is 35.5. The van der Waals surface area contributed by atoms with E-state index in [1.807, 2.05) is 0 Å². The molecule has 0 atom stereocenters.